The molecule has 0 amide bonds. The third-order valence-corrected chi connectivity index (χ3v) is 3.50. The Kier molecular flexibility index (Phi) is 4.19. The lowest BCUT2D eigenvalue weighted by Gasteiger charge is -2.07. The molecule has 0 bridgehead atoms. The second-order valence-corrected chi connectivity index (χ2v) is 4.88. The van der Waals surface area contributed by atoms with Gasteiger partial charge in [0.15, 0.2) is 17.3 Å². The molecule has 2 aromatic rings. The molecule has 0 aliphatic carbocycles. The lowest BCUT2D eigenvalue weighted by Crippen LogP contribution is -1.99. The van der Waals surface area contributed by atoms with Crippen LogP contribution < -0.4 is 18.9 Å². The fraction of sp³-hybridized carbons (Fsp3) is 0.167. The van der Waals surface area contributed by atoms with Crippen LogP contribution in [0, 0.1) is 0 Å². The minimum Gasteiger partial charge on any atom is -0.497 e. The number of allylic oxidation sites excluding steroid dienone is 1. The van der Waals surface area contributed by atoms with E-state index >= 15 is 0 Å². The maximum atomic E-state index is 12.4. The van der Waals surface area contributed by atoms with Crippen LogP contribution in [-0.4, -0.2) is 26.8 Å². The van der Waals surface area contributed by atoms with E-state index in [4.69, 9.17) is 18.9 Å². The summed E-state index contributed by atoms with van der Waals surface area (Å²) in [5.74, 6) is 2.36. The second kappa shape index (κ2) is 6.44. The number of carbonyl (C=O) groups excluding carboxylic acids is 1. The standard InChI is InChI=1S/C18H16O5/c1-20-13-5-6-14(17(10-13)21-2)15(19)7-3-12-4-8-16-18(9-12)23-11-22-16/h3-10H,11H2,1-2H3/b7-3+. The van der Waals surface area contributed by atoms with Crippen molar-refractivity contribution in [3.8, 4) is 23.0 Å². The Hall–Kier alpha value is -2.95. The van der Waals surface area contributed by atoms with E-state index in [0.717, 1.165) is 5.56 Å². The highest BCUT2D eigenvalue weighted by Gasteiger charge is 2.13. The molecule has 0 radical (unpaired) electrons. The third-order valence-electron chi connectivity index (χ3n) is 3.50. The van der Waals surface area contributed by atoms with Gasteiger partial charge in [-0.05, 0) is 35.9 Å². The van der Waals surface area contributed by atoms with Crippen LogP contribution in [0.3, 0.4) is 0 Å². The molecule has 0 atom stereocenters. The van der Waals surface area contributed by atoms with Crippen LogP contribution in [0.4, 0.5) is 0 Å². The summed E-state index contributed by atoms with van der Waals surface area (Å²) in [5.41, 5.74) is 1.33. The van der Waals surface area contributed by atoms with Crippen molar-refractivity contribution in [3.63, 3.8) is 0 Å². The van der Waals surface area contributed by atoms with Gasteiger partial charge in [0.25, 0.3) is 0 Å². The molecule has 0 N–H and O–H groups in total. The average Bonchev–Trinajstić information content (AvgIpc) is 3.06. The van der Waals surface area contributed by atoms with Gasteiger partial charge < -0.3 is 18.9 Å². The SMILES string of the molecule is COc1ccc(C(=O)/C=C/c2ccc3c(c2)OCO3)c(OC)c1. The first-order valence-corrected chi connectivity index (χ1v) is 7.05. The molecule has 3 rings (SSSR count). The molecule has 23 heavy (non-hydrogen) atoms. The molecule has 0 unspecified atom stereocenters. The molecule has 118 valence electrons. The Morgan fingerprint density at radius 2 is 1.87 bits per heavy atom. The molecule has 0 saturated heterocycles. The van der Waals surface area contributed by atoms with E-state index in [2.05, 4.69) is 0 Å². The molecule has 1 heterocycles. The molecule has 1 aliphatic rings. The van der Waals surface area contributed by atoms with Crippen LogP contribution in [0.15, 0.2) is 42.5 Å². The van der Waals surface area contributed by atoms with Gasteiger partial charge in [-0.25, -0.2) is 0 Å². The van der Waals surface area contributed by atoms with Crippen molar-refractivity contribution in [2.24, 2.45) is 0 Å². The first-order chi connectivity index (χ1) is 11.2. The topological polar surface area (TPSA) is 54.0 Å². The smallest absolute Gasteiger partial charge is 0.231 e. The van der Waals surface area contributed by atoms with Crippen molar-refractivity contribution in [2.45, 2.75) is 0 Å². The van der Waals surface area contributed by atoms with E-state index < -0.39 is 0 Å². The number of ether oxygens (including phenoxy) is 4. The zero-order valence-electron chi connectivity index (χ0n) is 12.9. The number of fused-ring (bicyclic) bond motifs is 1. The Balaban J connectivity index is 1.81. The summed E-state index contributed by atoms with van der Waals surface area (Å²) in [6, 6.07) is 10.6. The first kappa shape index (κ1) is 15.0. The zero-order chi connectivity index (χ0) is 16.2. The van der Waals surface area contributed by atoms with Crippen LogP contribution in [0.25, 0.3) is 6.08 Å². The minimum absolute atomic E-state index is 0.151. The van der Waals surface area contributed by atoms with Crippen molar-refractivity contribution < 1.29 is 23.7 Å². The van der Waals surface area contributed by atoms with E-state index in [1.807, 2.05) is 18.2 Å². The monoisotopic (exact) mass is 312 g/mol. The van der Waals surface area contributed by atoms with Crippen molar-refractivity contribution in [1.82, 2.24) is 0 Å². The molecule has 0 aromatic heterocycles. The fourth-order valence-corrected chi connectivity index (χ4v) is 2.28. The van der Waals surface area contributed by atoms with E-state index in [9.17, 15) is 4.79 Å². The second-order valence-electron chi connectivity index (χ2n) is 4.88. The molecule has 0 spiro atoms. The van der Waals surface area contributed by atoms with Gasteiger partial charge in [0.05, 0.1) is 19.8 Å². The van der Waals surface area contributed by atoms with Crippen molar-refractivity contribution in [3.05, 3.63) is 53.6 Å². The number of hydrogen-bond acceptors (Lipinski definition) is 5. The van der Waals surface area contributed by atoms with E-state index in [1.165, 1.54) is 13.2 Å². The molecular formula is C18H16O5. The van der Waals surface area contributed by atoms with Gasteiger partial charge in [0, 0.05) is 6.07 Å². The number of rotatable bonds is 5. The van der Waals surface area contributed by atoms with Gasteiger partial charge in [-0.3, -0.25) is 4.79 Å². The Morgan fingerprint density at radius 1 is 1.04 bits per heavy atom. The molecule has 1 aliphatic heterocycles. The van der Waals surface area contributed by atoms with Gasteiger partial charge in [-0.1, -0.05) is 12.1 Å². The summed E-state index contributed by atoms with van der Waals surface area (Å²) in [5, 5.41) is 0. The summed E-state index contributed by atoms with van der Waals surface area (Å²) < 4.78 is 21.0. The van der Waals surface area contributed by atoms with Crippen LogP contribution >= 0.6 is 0 Å². The molecule has 0 fully saturated rings. The van der Waals surface area contributed by atoms with Gasteiger partial charge in [-0.15, -0.1) is 0 Å². The minimum atomic E-state index is -0.151. The van der Waals surface area contributed by atoms with E-state index in [1.54, 1.807) is 31.4 Å². The molecule has 5 heteroatoms. The number of hydrogen-bond donors (Lipinski definition) is 0. The largest absolute Gasteiger partial charge is 0.497 e. The maximum Gasteiger partial charge on any atom is 0.231 e. The predicted molar refractivity (Wildman–Crippen MR) is 85.5 cm³/mol. The van der Waals surface area contributed by atoms with Crippen molar-refractivity contribution >= 4 is 11.9 Å². The lowest BCUT2D eigenvalue weighted by molar-refractivity contribution is 0.104. The molecule has 0 saturated carbocycles. The first-order valence-electron chi connectivity index (χ1n) is 7.05. The number of methoxy groups -OCH3 is 2. The van der Waals surface area contributed by atoms with E-state index in [-0.39, 0.29) is 12.6 Å². The summed E-state index contributed by atoms with van der Waals surface area (Å²) >= 11 is 0. The highest BCUT2D eigenvalue weighted by molar-refractivity contribution is 6.08. The van der Waals surface area contributed by atoms with Crippen LogP contribution in [0.1, 0.15) is 15.9 Å². The summed E-state index contributed by atoms with van der Waals surface area (Å²) in [6.45, 7) is 0.227. The molecular weight excluding hydrogens is 296 g/mol. The molecule has 5 nitrogen and oxygen atoms in total. The van der Waals surface area contributed by atoms with Gasteiger partial charge in [0.2, 0.25) is 6.79 Å². The van der Waals surface area contributed by atoms with Crippen LogP contribution in [0.5, 0.6) is 23.0 Å². The predicted octanol–water partition coefficient (Wildman–Crippen LogP) is 3.33. The quantitative estimate of drug-likeness (QED) is 0.626. The summed E-state index contributed by atoms with van der Waals surface area (Å²) in [7, 11) is 3.09. The highest BCUT2D eigenvalue weighted by atomic mass is 16.7. The van der Waals surface area contributed by atoms with Gasteiger partial charge in [-0.2, -0.15) is 0 Å². The molecule has 2 aromatic carbocycles. The zero-order valence-corrected chi connectivity index (χ0v) is 12.9. The Bertz CT molecular complexity index is 764. The summed E-state index contributed by atoms with van der Waals surface area (Å²) in [4.78, 5) is 12.4. The summed E-state index contributed by atoms with van der Waals surface area (Å²) in [6.07, 6.45) is 3.23. The normalized spacial score (nSPS) is 12.4. The van der Waals surface area contributed by atoms with Gasteiger partial charge in [0.1, 0.15) is 11.5 Å². The van der Waals surface area contributed by atoms with Crippen LogP contribution in [-0.2, 0) is 0 Å². The highest BCUT2D eigenvalue weighted by Crippen LogP contribution is 2.33. The van der Waals surface area contributed by atoms with E-state index in [0.29, 0.717) is 28.6 Å². The van der Waals surface area contributed by atoms with Crippen LogP contribution in [0.2, 0.25) is 0 Å². The number of carbonyl (C=O) groups is 1. The number of benzene rings is 2. The number of ketones is 1. The third kappa shape index (κ3) is 3.13. The average molecular weight is 312 g/mol. The fourth-order valence-electron chi connectivity index (χ4n) is 2.28. The Labute approximate surface area is 134 Å². The maximum absolute atomic E-state index is 12.4. The van der Waals surface area contributed by atoms with Crippen molar-refractivity contribution in [1.29, 1.82) is 0 Å². The Morgan fingerprint density at radius 3 is 2.65 bits per heavy atom. The lowest BCUT2D eigenvalue weighted by atomic mass is 10.1. The van der Waals surface area contributed by atoms with Gasteiger partial charge >= 0.3 is 0 Å². The van der Waals surface area contributed by atoms with Crippen molar-refractivity contribution in [2.75, 3.05) is 21.0 Å².